The summed E-state index contributed by atoms with van der Waals surface area (Å²) in [4.78, 5) is 14.2. The molecule has 1 saturated heterocycles. The molecule has 1 aromatic heterocycles. The molecule has 0 atom stereocenters. The molecular weight excluding hydrogens is 498 g/mol. The number of para-hydroxylation sites is 1. The predicted molar refractivity (Wildman–Crippen MR) is 154 cm³/mol. The number of hydrogen-bond donors (Lipinski definition) is 3. The Balaban J connectivity index is 1.23. The van der Waals surface area contributed by atoms with Gasteiger partial charge in [-0.15, -0.1) is 0 Å². The van der Waals surface area contributed by atoms with E-state index in [1.165, 1.54) is 5.69 Å². The summed E-state index contributed by atoms with van der Waals surface area (Å²) in [5.74, 6) is 1.11. The summed E-state index contributed by atoms with van der Waals surface area (Å²) in [6.07, 6.45) is 1.43. The average molecular weight is 530 g/mol. The van der Waals surface area contributed by atoms with E-state index in [1.54, 1.807) is 12.1 Å². The minimum absolute atomic E-state index is 0.283. The molecular formula is C28H31N7O2S. The molecule has 1 aliphatic carbocycles. The second-order valence-electron chi connectivity index (χ2n) is 9.93. The fraction of sp³-hybridized carbons (Fsp3) is 0.286. The van der Waals surface area contributed by atoms with E-state index in [1.807, 2.05) is 36.4 Å². The number of piperazine rings is 1. The topological polar surface area (TPSA) is 102 Å². The lowest BCUT2D eigenvalue weighted by Gasteiger charge is -2.34. The van der Waals surface area contributed by atoms with Crippen LogP contribution in [0, 0.1) is 0 Å². The first-order valence-corrected chi connectivity index (χ1v) is 14.4. The molecule has 0 amide bonds. The molecule has 2 heterocycles. The van der Waals surface area contributed by atoms with Crippen LogP contribution in [-0.2, 0) is 10.0 Å². The number of benzene rings is 3. The minimum atomic E-state index is -3.34. The number of nitrogens with one attached hydrogen (secondary N) is 3. The number of rotatable bonds is 8. The summed E-state index contributed by atoms with van der Waals surface area (Å²) < 4.78 is 27.5. The van der Waals surface area contributed by atoms with E-state index < -0.39 is 10.0 Å². The lowest BCUT2D eigenvalue weighted by atomic mass is 10.2. The van der Waals surface area contributed by atoms with Crippen molar-refractivity contribution in [1.29, 1.82) is 0 Å². The highest BCUT2D eigenvalue weighted by molar-refractivity contribution is 7.93. The lowest BCUT2D eigenvalue weighted by Crippen LogP contribution is -2.44. The van der Waals surface area contributed by atoms with Crippen molar-refractivity contribution in [3.63, 3.8) is 0 Å². The van der Waals surface area contributed by atoms with E-state index >= 15 is 0 Å². The van der Waals surface area contributed by atoms with Crippen molar-refractivity contribution in [3.8, 4) is 0 Å². The van der Waals surface area contributed by atoms with Crippen LogP contribution in [0.25, 0.3) is 10.9 Å². The molecule has 2 fully saturated rings. The Hall–Kier alpha value is -3.89. The highest BCUT2D eigenvalue weighted by atomic mass is 32.2. The Morgan fingerprint density at radius 2 is 1.53 bits per heavy atom. The van der Waals surface area contributed by atoms with E-state index in [-0.39, 0.29) is 5.25 Å². The third kappa shape index (κ3) is 5.51. The summed E-state index contributed by atoms with van der Waals surface area (Å²) in [5, 5.41) is 7.29. The molecule has 4 aromatic rings. The van der Waals surface area contributed by atoms with Crippen LogP contribution in [0.1, 0.15) is 12.8 Å². The van der Waals surface area contributed by atoms with Gasteiger partial charge in [-0.1, -0.05) is 18.2 Å². The van der Waals surface area contributed by atoms with Crippen molar-refractivity contribution in [3.05, 3.63) is 72.8 Å². The second-order valence-corrected chi connectivity index (χ2v) is 11.9. The lowest BCUT2D eigenvalue weighted by molar-refractivity contribution is 0.313. The van der Waals surface area contributed by atoms with Gasteiger partial charge in [-0.3, -0.25) is 4.72 Å². The van der Waals surface area contributed by atoms with Gasteiger partial charge in [0.15, 0.2) is 0 Å². The molecule has 3 N–H and O–H groups in total. The van der Waals surface area contributed by atoms with Gasteiger partial charge >= 0.3 is 0 Å². The Labute approximate surface area is 223 Å². The highest BCUT2D eigenvalue weighted by Gasteiger charge is 2.35. The molecule has 2 aliphatic rings. The maximum absolute atomic E-state index is 12.4. The van der Waals surface area contributed by atoms with Crippen LogP contribution in [-0.4, -0.2) is 61.8 Å². The van der Waals surface area contributed by atoms with Crippen molar-refractivity contribution in [2.75, 3.05) is 53.5 Å². The van der Waals surface area contributed by atoms with Crippen LogP contribution in [0.15, 0.2) is 72.8 Å². The summed E-state index contributed by atoms with van der Waals surface area (Å²) in [5.41, 5.74) is 4.17. The number of aromatic nitrogens is 2. The predicted octanol–water partition coefficient (Wildman–Crippen LogP) is 4.77. The molecule has 196 valence electrons. The maximum atomic E-state index is 12.4. The molecule has 0 spiro atoms. The van der Waals surface area contributed by atoms with Crippen molar-refractivity contribution in [2.45, 2.75) is 18.1 Å². The normalized spacial score (nSPS) is 16.4. The smallest absolute Gasteiger partial charge is 0.235 e. The summed E-state index contributed by atoms with van der Waals surface area (Å²) in [6, 6.07) is 23.4. The molecule has 38 heavy (non-hydrogen) atoms. The minimum Gasteiger partial charge on any atom is -0.369 e. The zero-order valence-corrected chi connectivity index (χ0v) is 22.1. The summed E-state index contributed by atoms with van der Waals surface area (Å²) in [6.45, 7) is 4.18. The van der Waals surface area contributed by atoms with Crippen molar-refractivity contribution >= 4 is 55.4 Å². The van der Waals surface area contributed by atoms with Gasteiger partial charge in [-0.25, -0.2) is 13.4 Å². The van der Waals surface area contributed by atoms with Crippen molar-refractivity contribution < 1.29 is 8.42 Å². The number of likely N-dealkylation sites (N-methyl/N-ethyl adjacent to an activating group) is 1. The van der Waals surface area contributed by atoms with Crippen molar-refractivity contribution in [2.24, 2.45) is 0 Å². The van der Waals surface area contributed by atoms with Gasteiger partial charge in [-0.2, -0.15) is 4.98 Å². The third-order valence-corrected chi connectivity index (χ3v) is 8.81. The van der Waals surface area contributed by atoms with E-state index in [4.69, 9.17) is 9.97 Å². The Morgan fingerprint density at radius 1 is 0.789 bits per heavy atom. The van der Waals surface area contributed by atoms with Crippen LogP contribution in [0.2, 0.25) is 0 Å². The van der Waals surface area contributed by atoms with Gasteiger partial charge in [0.05, 0.1) is 16.5 Å². The van der Waals surface area contributed by atoms with Crippen LogP contribution in [0.4, 0.5) is 34.5 Å². The van der Waals surface area contributed by atoms with Gasteiger partial charge in [0.2, 0.25) is 16.0 Å². The number of nitrogens with zero attached hydrogens (tertiary/aromatic N) is 4. The van der Waals surface area contributed by atoms with Gasteiger partial charge in [0.1, 0.15) is 5.82 Å². The molecule has 0 bridgehead atoms. The van der Waals surface area contributed by atoms with E-state index in [2.05, 4.69) is 56.5 Å². The van der Waals surface area contributed by atoms with Gasteiger partial charge in [0.25, 0.3) is 0 Å². The first-order chi connectivity index (χ1) is 18.4. The molecule has 0 unspecified atom stereocenters. The third-order valence-electron chi connectivity index (χ3n) is 6.94. The van der Waals surface area contributed by atoms with E-state index in [0.29, 0.717) is 30.3 Å². The number of fused-ring (bicyclic) bond motifs is 1. The molecule has 0 radical (unpaired) electrons. The van der Waals surface area contributed by atoms with Crippen LogP contribution in [0.5, 0.6) is 0 Å². The molecule has 6 rings (SSSR count). The van der Waals surface area contributed by atoms with Gasteiger partial charge in [0, 0.05) is 48.6 Å². The monoisotopic (exact) mass is 529 g/mol. The number of sulfonamides is 1. The quantitative estimate of drug-likeness (QED) is 0.300. The Kier molecular flexibility index (Phi) is 6.50. The zero-order chi connectivity index (χ0) is 26.1. The Bertz CT molecular complexity index is 1550. The van der Waals surface area contributed by atoms with Crippen LogP contribution in [0.3, 0.4) is 0 Å². The fourth-order valence-electron chi connectivity index (χ4n) is 4.60. The zero-order valence-electron chi connectivity index (χ0n) is 21.3. The molecule has 1 aliphatic heterocycles. The van der Waals surface area contributed by atoms with Crippen LogP contribution < -0.4 is 20.3 Å². The molecule has 10 heteroatoms. The van der Waals surface area contributed by atoms with E-state index in [0.717, 1.165) is 48.5 Å². The largest absolute Gasteiger partial charge is 0.369 e. The second kappa shape index (κ2) is 10.1. The maximum Gasteiger partial charge on any atom is 0.235 e. The molecule has 3 aromatic carbocycles. The fourth-order valence-corrected chi connectivity index (χ4v) is 5.98. The van der Waals surface area contributed by atoms with Gasteiger partial charge < -0.3 is 20.4 Å². The van der Waals surface area contributed by atoms with Crippen molar-refractivity contribution in [1.82, 2.24) is 14.9 Å². The number of hydrogen-bond acceptors (Lipinski definition) is 8. The highest BCUT2D eigenvalue weighted by Crippen LogP contribution is 2.31. The van der Waals surface area contributed by atoms with Gasteiger partial charge in [-0.05, 0) is 74.5 Å². The average Bonchev–Trinajstić information content (AvgIpc) is 3.77. The SMILES string of the molecule is CN1CCN(c2ccc(Nc3nc(Nc4cccc(NS(=O)(=O)C5CC5)c4)c4ccccc4n3)cc2)CC1. The van der Waals surface area contributed by atoms with E-state index in [9.17, 15) is 8.42 Å². The first-order valence-electron chi connectivity index (χ1n) is 12.9. The van der Waals surface area contributed by atoms with Crippen LogP contribution >= 0.6 is 0 Å². The molecule has 1 saturated carbocycles. The Morgan fingerprint density at radius 3 is 2.29 bits per heavy atom. The number of anilines is 6. The summed E-state index contributed by atoms with van der Waals surface area (Å²) >= 11 is 0. The first kappa shape index (κ1) is 24.4. The molecule has 9 nitrogen and oxygen atoms in total. The standard InChI is InChI=1S/C28H31N7O2S/c1-34-15-17-35(18-16-34)23-11-9-20(10-12-23)30-28-31-26-8-3-2-7-25(26)27(32-28)29-21-5-4-6-22(19-21)33-38(36,37)24-13-14-24/h2-12,19,24,33H,13-18H2,1H3,(H2,29,30,31,32). The summed E-state index contributed by atoms with van der Waals surface area (Å²) in [7, 11) is -1.18.